The Labute approximate surface area is 121 Å². The van der Waals surface area contributed by atoms with Crippen LogP contribution in [0.25, 0.3) is 0 Å². The Hall–Kier alpha value is -2.41. The van der Waals surface area contributed by atoms with Crippen LogP contribution in [0.4, 0.5) is 5.69 Å². The van der Waals surface area contributed by atoms with E-state index in [1.54, 1.807) is 24.3 Å². The zero-order valence-electron chi connectivity index (χ0n) is 11.6. The Morgan fingerprint density at radius 3 is 2.67 bits per heavy atom. The maximum Gasteiger partial charge on any atom is 0.320 e. The van der Waals surface area contributed by atoms with Crippen LogP contribution in [-0.2, 0) is 19.1 Å². The van der Waals surface area contributed by atoms with Gasteiger partial charge in [0.1, 0.15) is 6.04 Å². The maximum atomic E-state index is 12.1. The van der Waals surface area contributed by atoms with Gasteiger partial charge in [0.2, 0.25) is 0 Å². The minimum Gasteiger partial charge on any atom is -0.480 e. The highest BCUT2D eigenvalue weighted by molar-refractivity contribution is 5.99. The molecule has 0 bridgehead atoms. The van der Waals surface area contributed by atoms with E-state index in [0.29, 0.717) is 11.3 Å². The highest BCUT2D eigenvalue weighted by atomic mass is 16.5. The van der Waals surface area contributed by atoms with Crippen molar-refractivity contribution in [3.63, 3.8) is 0 Å². The van der Waals surface area contributed by atoms with Gasteiger partial charge in [0.05, 0.1) is 6.04 Å². The number of carboxylic acid groups (broad SMARTS) is 1. The van der Waals surface area contributed by atoms with E-state index in [4.69, 9.17) is 9.84 Å². The quantitative estimate of drug-likeness (QED) is 0.705. The third kappa shape index (κ3) is 3.19. The van der Waals surface area contributed by atoms with Gasteiger partial charge in [0, 0.05) is 12.6 Å². The average Bonchev–Trinajstić information content (AvgIpc) is 2.41. The lowest BCUT2D eigenvalue weighted by Crippen LogP contribution is -2.50. The first kappa shape index (κ1) is 15.0. The second-order valence-electron chi connectivity index (χ2n) is 4.81. The number of para-hydroxylation sites is 1. The minimum absolute atomic E-state index is 0.487. The molecule has 7 heteroatoms. The van der Waals surface area contributed by atoms with Gasteiger partial charge in [0.25, 0.3) is 5.91 Å². The Balaban J connectivity index is 2.38. The van der Waals surface area contributed by atoms with Crippen LogP contribution in [0.1, 0.15) is 25.5 Å². The van der Waals surface area contributed by atoms with Crippen molar-refractivity contribution in [2.45, 2.75) is 32.0 Å². The van der Waals surface area contributed by atoms with E-state index in [2.05, 4.69) is 10.6 Å². The molecule has 112 valence electrons. The van der Waals surface area contributed by atoms with Crippen molar-refractivity contribution in [3.8, 4) is 0 Å². The molecule has 3 N–H and O–H groups in total. The number of carboxylic acids is 1. The lowest BCUT2D eigenvalue weighted by molar-refractivity contribution is -0.154. The van der Waals surface area contributed by atoms with Crippen molar-refractivity contribution in [1.29, 1.82) is 0 Å². The molecule has 0 radical (unpaired) electrons. The minimum atomic E-state index is -1.11. The SMILES string of the molecule is CC(=O)OC1C(=O)Nc2ccccc2C1NC(C)C(=O)O. The van der Waals surface area contributed by atoms with Crippen molar-refractivity contribution in [2.24, 2.45) is 0 Å². The number of nitrogens with one attached hydrogen (secondary N) is 2. The molecule has 21 heavy (non-hydrogen) atoms. The summed E-state index contributed by atoms with van der Waals surface area (Å²) < 4.78 is 5.05. The van der Waals surface area contributed by atoms with Crippen LogP contribution < -0.4 is 10.6 Å². The first-order valence-corrected chi connectivity index (χ1v) is 6.46. The summed E-state index contributed by atoms with van der Waals surface area (Å²) in [7, 11) is 0. The van der Waals surface area contributed by atoms with Gasteiger partial charge in [-0.3, -0.25) is 19.7 Å². The first-order chi connectivity index (χ1) is 9.90. The molecule has 0 saturated carbocycles. The normalized spacial score (nSPS) is 21.9. The number of carbonyl (C=O) groups is 3. The fraction of sp³-hybridized carbons (Fsp3) is 0.357. The number of rotatable bonds is 4. The molecule has 1 amide bonds. The van der Waals surface area contributed by atoms with E-state index < -0.39 is 36.0 Å². The van der Waals surface area contributed by atoms with Crippen molar-refractivity contribution < 1.29 is 24.2 Å². The number of hydrogen-bond donors (Lipinski definition) is 3. The molecular weight excluding hydrogens is 276 g/mol. The highest BCUT2D eigenvalue weighted by Crippen LogP contribution is 2.32. The molecule has 0 aliphatic carbocycles. The summed E-state index contributed by atoms with van der Waals surface area (Å²) in [5, 5.41) is 14.5. The van der Waals surface area contributed by atoms with Gasteiger partial charge in [-0.05, 0) is 18.6 Å². The summed E-state index contributed by atoms with van der Waals surface area (Å²) in [6.07, 6.45) is -1.11. The van der Waals surface area contributed by atoms with Crippen LogP contribution in [0.5, 0.6) is 0 Å². The van der Waals surface area contributed by atoms with Gasteiger partial charge < -0.3 is 15.2 Å². The molecule has 3 atom stereocenters. The lowest BCUT2D eigenvalue weighted by atomic mass is 9.94. The number of ether oxygens (including phenoxy) is 1. The van der Waals surface area contributed by atoms with Crippen LogP contribution in [-0.4, -0.2) is 35.1 Å². The summed E-state index contributed by atoms with van der Waals surface area (Å²) in [5.74, 6) is -2.15. The number of carbonyl (C=O) groups excluding carboxylic acids is 2. The van der Waals surface area contributed by atoms with Gasteiger partial charge in [-0.2, -0.15) is 0 Å². The van der Waals surface area contributed by atoms with E-state index in [1.807, 2.05) is 0 Å². The Kier molecular flexibility index (Phi) is 4.23. The van der Waals surface area contributed by atoms with Crippen molar-refractivity contribution in [1.82, 2.24) is 5.32 Å². The van der Waals surface area contributed by atoms with Crippen LogP contribution in [0.3, 0.4) is 0 Å². The van der Waals surface area contributed by atoms with Crippen LogP contribution in [0.2, 0.25) is 0 Å². The van der Waals surface area contributed by atoms with Crippen LogP contribution in [0, 0.1) is 0 Å². The molecule has 0 saturated heterocycles. The maximum absolute atomic E-state index is 12.1. The third-order valence-corrected chi connectivity index (χ3v) is 3.21. The second-order valence-corrected chi connectivity index (χ2v) is 4.81. The molecule has 0 fully saturated rings. The molecule has 0 aromatic heterocycles. The predicted molar refractivity (Wildman–Crippen MR) is 73.6 cm³/mol. The largest absolute Gasteiger partial charge is 0.480 e. The highest BCUT2D eigenvalue weighted by Gasteiger charge is 2.39. The molecule has 1 aliphatic rings. The third-order valence-electron chi connectivity index (χ3n) is 3.21. The van der Waals surface area contributed by atoms with Gasteiger partial charge in [0.15, 0.2) is 6.10 Å². The number of esters is 1. The van der Waals surface area contributed by atoms with Crippen molar-refractivity contribution >= 4 is 23.5 Å². The zero-order valence-corrected chi connectivity index (χ0v) is 11.6. The van der Waals surface area contributed by atoms with Gasteiger partial charge in [-0.15, -0.1) is 0 Å². The number of benzene rings is 1. The Morgan fingerprint density at radius 1 is 1.38 bits per heavy atom. The standard InChI is InChI=1S/C14H16N2O5/c1-7(14(19)20)15-11-9-5-3-4-6-10(9)16-13(18)12(11)21-8(2)17/h3-7,11-12,15H,1-2H3,(H,16,18)(H,19,20). The smallest absolute Gasteiger partial charge is 0.320 e. The summed E-state index contributed by atoms with van der Waals surface area (Å²) >= 11 is 0. The summed E-state index contributed by atoms with van der Waals surface area (Å²) in [4.78, 5) is 34.3. The van der Waals surface area contributed by atoms with Gasteiger partial charge in [-0.25, -0.2) is 0 Å². The fourth-order valence-corrected chi connectivity index (χ4v) is 2.22. The van der Waals surface area contributed by atoms with E-state index in [-0.39, 0.29) is 0 Å². The second kappa shape index (κ2) is 5.92. The van der Waals surface area contributed by atoms with E-state index >= 15 is 0 Å². The van der Waals surface area contributed by atoms with E-state index in [1.165, 1.54) is 13.8 Å². The molecule has 1 aromatic carbocycles. The molecular formula is C14H16N2O5. The van der Waals surface area contributed by atoms with Gasteiger partial charge >= 0.3 is 11.9 Å². The molecule has 1 aliphatic heterocycles. The van der Waals surface area contributed by atoms with Crippen LogP contribution >= 0.6 is 0 Å². The van der Waals surface area contributed by atoms with Gasteiger partial charge in [-0.1, -0.05) is 18.2 Å². The Morgan fingerprint density at radius 2 is 2.05 bits per heavy atom. The number of anilines is 1. The number of hydrogen-bond acceptors (Lipinski definition) is 5. The Bertz CT molecular complexity index is 586. The molecule has 1 aromatic rings. The average molecular weight is 292 g/mol. The molecule has 3 unspecified atom stereocenters. The molecule has 1 heterocycles. The van der Waals surface area contributed by atoms with Crippen molar-refractivity contribution in [2.75, 3.05) is 5.32 Å². The zero-order chi connectivity index (χ0) is 15.6. The first-order valence-electron chi connectivity index (χ1n) is 6.46. The van der Waals surface area contributed by atoms with Crippen molar-refractivity contribution in [3.05, 3.63) is 29.8 Å². The topological polar surface area (TPSA) is 105 Å². The fourth-order valence-electron chi connectivity index (χ4n) is 2.22. The van der Waals surface area contributed by atoms with E-state index in [9.17, 15) is 14.4 Å². The summed E-state index contributed by atoms with van der Waals surface area (Å²) in [6.45, 7) is 2.66. The summed E-state index contributed by atoms with van der Waals surface area (Å²) in [6, 6.07) is 5.36. The van der Waals surface area contributed by atoms with E-state index in [0.717, 1.165) is 0 Å². The summed E-state index contributed by atoms with van der Waals surface area (Å²) in [5.41, 5.74) is 1.25. The van der Waals surface area contributed by atoms with Crippen LogP contribution in [0.15, 0.2) is 24.3 Å². The lowest BCUT2D eigenvalue weighted by Gasteiger charge is -2.33. The number of aliphatic carboxylic acids is 1. The predicted octanol–water partition coefficient (Wildman–Crippen LogP) is 0.674. The molecule has 2 rings (SSSR count). The number of amides is 1. The monoisotopic (exact) mass is 292 g/mol. The molecule has 7 nitrogen and oxygen atoms in total. The molecule has 0 spiro atoms. The number of fused-ring (bicyclic) bond motifs is 1.